The van der Waals surface area contributed by atoms with Gasteiger partial charge in [-0.25, -0.2) is 0 Å². The highest BCUT2D eigenvalue weighted by Crippen LogP contribution is 2.34. The Kier molecular flexibility index (Phi) is 4.73. The van der Waals surface area contributed by atoms with Crippen molar-refractivity contribution in [3.8, 4) is 0 Å². The monoisotopic (exact) mass is 348 g/mol. The van der Waals surface area contributed by atoms with E-state index < -0.39 is 6.10 Å². The van der Waals surface area contributed by atoms with Gasteiger partial charge >= 0.3 is 0 Å². The van der Waals surface area contributed by atoms with Gasteiger partial charge in [-0.15, -0.1) is 0 Å². The molecule has 5 nitrogen and oxygen atoms in total. The lowest BCUT2D eigenvalue weighted by molar-refractivity contribution is -0.122. The first-order valence-electron chi connectivity index (χ1n) is 6.79. The van der Waals surface area contributed by atoms with Crippen molar-refractivity contribution in [3.05, 3.63) is 76.6 Å². The Morgan fingerprint density at radius 2 is 2.09 bits per heavy atom. The number of rotatable bonds is 5. The van der Waals surface area contributed by atoms with Crippen molar-refractivity contribution < 1.29 is 13.7 Å². The molecule has 1 aliphatic heterocycles. The molecule has 0 amide bonds. The summed E-state index contributed by atoms with van der Waals surface area (Å²) >= 11 is 6.96. The molecule has 1 atom stereocenters. The minimum absolute atomic E-state index is 0.00589. The topological polar surface area (TPSA) is 74.4 Å². The number of hydrogen-bond donors (Lipinski definition) is 1. The van der Waals surface area contributed by atoms with Crippen LogP contribution in [-0.4, -0.2) is 10.8 Å². The van der Waals surface area contributed by atoms with Crippen LogP contribution in [0.2, 0.25) is 5.02 Å². The first-order valence-corrected chi connectivity index (χ1v) is 8.08. The lowest BCUT2D eigenvalue weighted by Crippen LogP contribution is -2.10. The zero-order chi connectivity index (χ0) is 16.2. The summed E-state index contributed by atoms with van der Waals surface area (Å²) in [6.45, 7) is 0. The second-order valence-electron chi connectivity index (χ2n) is 4.81. The minimum atomic E-state index is -0.791. The molecule has 2 aromatic rings. The third-order valence-corrected chi connectivity index (χ3v) is 4.18. The van der Waals surface area contributed by atoms with Gasteiger partial charge in [0.15, 0.2) is 6.10 Å². The van der Waals surface area contributed by atoms with E-state index in [2.05, 4.69) is 4.98 Å². The lowest BCUT2D eigenvalue weighted by atomic mass is 10.1. The Bertz CT molecular complexity index is 735. The van der Waals surface area contributed by atoms with Gasteiger partial charge in [-0.2, -0.15) is 0 Å². The van der Waals surface area contributed by atoms with Crippen molar-refractivity contribution in [1.82, 2.24) is 4.98 Å². The van der Waals surface area contributed by atoms with Crippen molar-refractivity contribution >= 4 is 29.4 Å². The van der Waals surface area contributed by atoms with Crippen LogP contribution in [0.25, 0.3) is 0 Å². The number of benzene rings is 1. The Morgan fingerprint density at radius 3 is 2.78 bits per heavy atom. The van der Waals surface area contributed by atoms with E-state index in [-0.39, 0.29) is 17.4 Å². The molecule has 2 heterocycles. The zero-order valence-electron chi connectivity index (χ0n) is 11.9. The van der Waals surface area contributed by atoms with Crippen molar-refractivity contribution in [1.29, 1.82) is 0 Å². The number of carbonyl (C=O) groups excluding carboxylic acids is 1. The van der Waals surface area contributed by atoms with Crippen LogP contribution in [0.3, 0.4) is 0 Å². The first kappa shape index (κ1) is 15.7. The molecule has 0 fully saturated rings. The van der Waals surface area contributed by atoms with Gasteiger partial charge in [0.1, 0.15) is 0 Å². The van der Waals surface area contributed by atoms with Crippen LogP contribution in [0, 0.1) is 0 Å². The van der Waals surface area contributed by atoms with E-state index in [0.29, 0.717) is 16.3 Å². The minimum Gasteiger partial charge on any atom is -0.460 e. The number of ether oxygens (including phenoxy) is 1. The summed E-state index contributed by atoms with van der Waals surface area (Å²) < 4.78 is 10.9. The van der Waals surface area contributed by atoms with Gasteiger partial charge in [0, 0.05) is 23.0 Å². The molecule has 0 aliphatic carbocycles. The molecule has 1 unspecified atom stereocenters. The average Bonchev–Trinajstić information content (AvgIpc) is 2.85. The molecule has 0 saturated heterocycles. The summed E-state index contributed by atoms with van der Waals surface area (Å²) in [4.78, 5) is 16.4. The second-order valence-corrected chi connectivity index (χ2v) is 5.94. The fourth-order valence-corrected chi connectivity index (χ4v) is 2.83. The third kappa shape index (κ3) is 3.60. The van der Waals surface area contributed by atoms with Crippen molar-refractivity contribution in [3.63, 3.8) is 0 Å². The van der Waals surface area contributed by atoms with Crippen LogP contribution in [0.1, 0.15) is 17.2 Å². The van der Waals surface area contributed by atoms with Gasteiger partial charge < -0.3 is 14.7 Å². The molecule has 1 aromatic carbocycles. The van der Waals surface area contributed by atoms with Gasteiger partial charge in [0.25, 0.3) is 0 Å². The Balaban J connectivity index is 1.63. The van der Waals surface area contributed by atoms with Gasteiger partial charge in [-0.1, -0.05) is 29.8 Å². The maximum Gasteiger partial charge on any atom is 0.249 e. The van der Waals surface area contributed by atoms with Crippen LogP contribution in [0.15, 0.2) is 60.4 Å². The highest BCUT2D eigenvalue weighted by molar-refractivity contribution is 7.94. The molecule has 0 spiro atoms. The Labute approximate surface area is 142 Å². The average molecular weight is 349 g/mol. The molecule has 7 heteroatoms. The largest absolute Gasteiger partial charge is 0.460 e. The number of pyridine rings is 1. The number of halogens is 1. The molecule has 23 heavy (non-hydrogen) atoms. The normalized spacial score (nSPS) is 17.3. The summed E-state index contributed by atoms with van der Waals surface area (Å²) in [5.74, 6) is 0.278. The molecule has 2 N–H and O–H groups in total. The molecule has 3 rings (SSSR count). The number of hydrogen-bond acceptors (Lipinski definition) is 6. The Hall–Kier alpha value is -2.18. The predicted octanol–water partition coefficient (Wildman–Crippen LogP) is 3.37. The van der Waals surface area contributed by atoms with E-state index in [1.54, 1.807) is 36.7 Å². The predicted molar refractivity (Wildman–Crippen MR) is 88.1 cm³/mol. The SMILES string of the molecule is NC1=C(OSCc2cccnc2)C(=O)C(c2ccc(Cl)cc2)O1. The van der Waals surface area contributed by atoms with Gasteiger partial charge in [0.2, 0.25) is 17.4 Å². The molecule has 0 radical (unpaired) electrons. The van der Waals surface area contributed by atoms with Crippen LogP contribution in [0.4, 0.5) is 0 Å². The van der Waals surface area contributed by atoms with E-state index >= 15 is 0 Å². The molecular weight excluding hydrogens is 336 g/mol. The Morgan fingerprint density at radius 1 is 1.30 bits per heavy atom. The summed E-state index contributed by atoms with van der Waals surface area (Å²) in [5.41, 5.74) is 7.43. The molecule has 118 valence electrons. The fourth-order valence-electron chi connectivity index (χ4n) is 2.05. The molecule has 0 bridgehead atoms. The summed E-state index contributed by atoms with van der Waals surface area (Å²) in [6.07, 6.45) is 2.64. The van der Waals surface area contributed by atoms with Gasteiger partial charge in [-0.05, 0) is 23.8 Å². The summed E-state index contributed by atoms with van der Waals surface area (Å²) in [5, 5.41) is 0.587. The highest BCUT2D eigenvalue weighted by Gasteiger charge is 2.37. The maximum absolute atomic E-state index is 12.4. The molecule has 1 aromatic heterocycles. The fraction of sp³-hybridized carbons (Fsp3) is 0.125. The van der Waals surface area contributed by atoms with Crippen LogP contribution in [0.5, 0.6) is 0 Å². The van der Waals surface area contributed by atoms with Crippen LogP contribution < -0.4 is 5.73 Å². The molecule has 1 aliphatic rings. The summed E-state index contributed by atoms with van der Waals surface area (Å²) in [6, 6.07) is 10.6. The highest BCUT2D eigenvalue weighted by atomic mass is 35.5. The second kappa shape index (κ2) is 6.93. The van der Waals surface area contributed by atoms with E-state index in [1.807, 2.05) is 12.1 Å². The first-order chi connectivity index (χ1) is 11.1. The van der Waals surface area contributed by atoms with E-state index in [9.17, 15) is 4.79 Å². The smallest absolute Gasteiger partial charge is 0.249 e. The molecular formula is C16H13ClN2O3S. The van der Waals surface area contributed by atoms with Gasteiger partial charge in [0.05, 0.1) is 17.8 Å². The zero-order valence-corrected chi connectivity index (χ0v) is 13.5. The standard InChI is InChI=1S/C16H13ClN2O3S/c17-12-5-3-11(4-6-12)14-13(20)15(16(18)21-14)22-23-9-10-2-1-7-19-8-10/h1-8,14H,9,18H2. The number of ketones is 1. The van der Waals surface area contributed by atoms with E-state index in [4.69, 9.17) is 26.3 Å². The maximum atomic E-state index is 12.4. The lowest BCUT2D eigenvalue weighted by Gasteiger charge is -2.09. The number of carbonyl (C=O) groups is 1. The van der Waals surface area contributed by atoms with E-state index in [0.717, 1.165) is 17.6 Å². The van der Waals surface area contributed by atoms with Crippen LogP contribution >= 0.6 is 23.6 Å². The van der Waals surface area contributed by atoms with Crippen molar-refractivity contribution in [2.24, 2.45) is 5.73 Å². The number of Topliss-reactive ketones (excluding diaryl/α,β-unsaturated/α-hetero) is 1. The number of nitrogens with zero attached hydrogens (tertiary/aromatic N) is 1. The third-order valence-electron chi connectivity index (χ3n) is 3.19. The van der Waals surface area contributed by atoms with Crippen molar-refractivity contribution in [2.75, 3.05) is 0 Å². The van der Waals surface area contributed by atoms with E-state index in [1.165, 1.54) is 0 Å². The van der Waals surface area contributed by atoms with Gasteiger partial charge in [-0.3, -0.25) is 9.78 Å². The summed E-state index contributed by atoms with van der Waals surface area (Å²) in [7, 11) is 0. The quantitative estimate of drug-likeness (QED) is 0.835. The number of aromatic nitrogens is 1. The van der Waals surface area contributed by atoms with Crippen LogP contribution in [-0.2, 0) is 19.5 Å². The number of nitrogens with two attached hydrogens (primary N) is 1. The van der Waals surface area contributed by atoms with Crippen molar-refractivity contribution in [2.45, 2.75) is 11.9 Å². The molecule has 0 saturated carbocycles.